The normalized spacial score (nSPS) is 10.5. The Hall–Kier alpha value is -1.29. The van der Waals surface area contributed by atoms with Crippen LogP contribution in [0, 0.1) is 5.82 Å². The number of halogens is 4. The van der Waals surface area contributed by atoms with Crippen LogP contribution in [0.5, 0.6) is 5.75 Å². The predicted molar refractivity (Wildman–Crippen MR) is 82.5 cm³/mol. The van der Waals surface area contributed by atoms with Gasteiger partial charge in [-0.05, 0) is 25.1 Å². The molecule has 0 fully saturated rings. The van der Waals surface area contributed by atoms with Gasteiger partial charge in [-0.25, -0.2) is 4.39 Å². The van der Waals surface area contributed by atoms with Gasteiger partial charge in [-0.2, -0.15) is 0 Å². The van der Waals surface area contributed by atoms with Gasteiger partial charge in [0, 0.05) is 17.2 Å². The summed E-state index contributed by atoms with van der Waals surface area (Å²) < 4.78 is 18.7. The molecule has 110 valence electrons. The zero-order valence-electron chi connectivity index (χ0n) is 10.9. The van der Waals surface area contributed by atoms with E-state index in [1.165, 1.54) is 30.3 Å². The Morgan fingerprint density at radius 1 is 1.14 bits per heavy atom. The van der Waals surface area contributed by atoms with Crippen molar-refractivity contribution in [1.82, 2.24) is 0 Å². The van der Waals surface area contributed by atoms with E-state index in [1.807, 2.05) is 0 Å². The van der Waals surface area contributed by atoms with E-state index in [0.29, 0.717) is 12.4 Å². The average molecular weight is 348 g/mol. The molecule has 0 saturated carbocycles. The van der Waals surface area contributed by atoms with Crippen molar-refractivity contribution in [2.75, 3.05) is 6.61 Å². The fourth-order valence-electron chi connectivity index (χ4n) is 1.79. The second kappa shape index (κ2) is 6.65. The minimum atomic E-state index is -0.671. The van der Waals surface area contributed by atoms with Crippen molar-refractivity contribution in [2.24, 2.45) is 0 Å². The maximum absolute atomic E-state index is 13.4. The maximum Gasteiger partial charge on any atom is 0.196 e. The lowest BCUT2D eigenvalue weighted by Gasteiger charge is -2.10. The molecule has 0 unspecified atom stereocenters. The summed E-state index contributed by atoms with van der Waals surface area (Å²) in [6.45, 7) is 2.22. The number of carbonyl (C=O) groups is 1. The van der Waals surface area contributed by atoms with E-state index in [2.05, 4.69) is 0 Å². The predicted octanol–water partition coefficient (Wildman–Crippen LogP) is 5.42. The first-order valence-corrected chi connectivity index (χ1v) is 7.19. The Morgan fingerprint density at radius 2 is 1.86 bits per heavy atom. The van der Waals surface area contributed by atoms with Gasteiger partial charge in [0.2, 0.25) is 0 Å². The Morgan fingerprint density at radius 3 is 2.52 bits per heavy atom. The fourth-order valence-corrected chi connectivity index (χ4v) is 2.46. The third kappa shape index (κ3) is 3.31. The summed E-state index contributed by atoms with van der Waals surface area (Å²) >= 11 is 17.9. The van der Waals surface area contributed by atoms with Gasteiger partial charge in [-0.3, -0.25) is 4.79 Å². The van der Waals surface area contributed by atoms with E-state index >= 15 is 0 Å². The number of ketones is 1. The third-order valence-corrected chi connectivity index (χ3v) is 3.75. The number of ether oxygens (including phenoxy) is 1. The topological polar surface area (TPSA) is 26.3 Å². The van der Waals surface area contributed by atoms with E-state index in [0.717, 1.165) is 0 Å². The molecular formula is C15H10Cl3FO2. The van der Waals surface area contributed by atoms with Gasteiger partial charge in [0.1, 0.15) is 11.6 Å². The minimum absolute atomic E-state index is 0.0267. The molecule has 2 aromatic carbocycles. The van der Waals surface area contributed by atoms with Crippen molar-refractivity contribution in [3.8, 4) is 5.75 Å². The summed E-state index contributed by atoms with van der Waals surface area (Å²) in [6.07, 6.45) is 0. The number of rotatable bonds is 4. The number of carbonyl (C=O) groups excluding carboxylic acids is 1. The van der Waals surface area contributed by atoms with E-state index in [9.17, 15) is 9.18 Å². The first-order chi connectivity index (χ1) is 9.95. The largest absolute Gasteiger partial charge is 0.492 e. The second-order valence-corrected chi connectivity index (χ2v) is 5.32. The number of benzene rings is 2. The monoisotopic (exact) mass is 346 g/mol. The Bertz CT molecular complexity index is 702. The zero-order chi connectivity index (χ0) is 15.6. The van der Waals surface area contributed by atoms with E-state index in [4.69, 9.17) is 39.5 Å². The van der Waals surface area contributed by atoms with Crippen molar-refractivity contribution in [3.05, 3.63) is 62.3 Å². The molecule has 0 aliphatic rings. The van der Waals surface area contributed by atoms with Crippen LogP contribution in [0.3, 0.4) is 0 Å². The summed E-state index contributed by atoms with van der Waals surface area (Å²) in [5.74, 6) is -0.795. The van der Waals surface area contributed by atoms with Crippen molar-refractivity contribution < 1.29 is 13.9 Å². The van der Waals surface area contributed by atoms with Crippen molar-refractivity contribution in [1.29, 1.82) is 0 Å². The number of hydrogen-bond donors (Lipinski definition) is 0. The second-order valence-electron chi connectivity index (χ2n) is 4.13. The molecule has 0 saturated heterocycles. The maximum atomic E-state index is 13.4. The molecule has 0 heterocycles. The molecule has 0 amide bonds. The molecule has 0 aromatic heterocycles. The molecule has 2 aromatic rings. The molecule has 0 N–H and O–H groups in total. The van der Waals surface area contributed by atoms with Gasteiger partial charge >= 0.3 is 0 Å². The Kier molecular flexibility index (Phi) is 5.09. The minimum Gasteiger partial charge on any atom is -0.492 e. The highest BCUT2D eigenvalue weighted by molar-refractivity contribution is 6.39. The van der Waals surface area contributed by atoms with Crippen molar-refractivity contribution in [2.45, 2.75) is 6.92 Å². The summed E-state index contributed by atoms with van der Waals surface area (Å²) in [4.78, 5) is 12.4. The lowest BCUT2D eigenvalue weighted by Crippen LogP contribution is -2.05. The SMILES string of the molecule is CCOc1cc(Cl)c(C(=O)c2cccc(F)c2Cl)cc1Cl. The van der Waals surface area contributed by atoms with Crippen LogP contribution in [0.4, 0.5) is 4.39 Å². The van der Waals surface area contributed by atoms with E-state index < -0.39 is 11.6 Å². The summed E-state index contributed by atoms with van der Waals surface area (Å²) in [7, 11) is 0. The van der Waals surface area contributed by atoms with Crippen LogP contribution in [0.1, 0.15) is 22.8 Å². The first-order valence-electron chi connectivity index (χ1n) is 6.06. The highest BCUT2D eigenvalue weighted by Crippen LogP contribution is 2.33. The van der Waals surface area contributed by atoms with Crippen LogP contribution >= 0.6 is 34.8 Å². The van der Waals surface area contributed by atoms with Crippen LogP contribution in [0.2, 0.25) is 15.1 Å². The van der Waals surface area contributed by atoms with E-state index in [1.54, 1.807) is 6.92 Å². The van der Waals surface area contributed by atoms with Crippen LogP contribution in [0.15, 0.2) is 30.3 Å². The quantitative estimate of drug-likeness (QED) is 0.691. The van der Waals surface area contributed by atoms with Crippen LogP contribution in [0.25, 0.3) is 0 Å². The van der Waals surface area contributed by atoms with Crippen molar-refractivity contribution in [3.63, 3.8) is 0 Å². The Labute approximate surface area is 136 Å². The molecule has 0 aliphatic heterocycles. The van der Waals surface area contributed by atoms with Gasteiger partial charge < -0.3 is 4.74 Å². The number of hydrogen-bond acceptors (Lipinski definition) is 2. The molecule has 2 nitrogen and oxygen atoms in total. The zero-order valence-corrected chi connectivity index (χ0v) is 13.2. The summed E-state index contributed by atoms with van der Waals surface area (Å²) in [6, 6.07) is 6.84. The molecule has 21 heavy (non-hydrogen) atoms. The van der Waals surface area contributed by atoms with Crippen LogP contribution in [-0.4, -0.2) is 12.4 Å². The highest BCUT2D eigenvalue weighted by atomic mass is 35.5. The molecule has 0 bridgehead atoms. The highest BCUT2D eigenvalue weighted by Gasteiger charge is 2.20. The third-order valence-electron chi connectivity index (χ3n) is 2.76. The molecule has 2 rings (SSSR count). The van der Waals surface area contributed by atoms with Crippen LogP contribution in [-0.2, 0) is 0 Å². The molecule has 0 aliphatic carbocycles. The first kappa shape index (κ1) is 16.1. The van der Waals surface area contributed by atoms with Crippen LogP contribution < -0.4 is 4.74 Å². The standard InChI is InChI=1S/C15H10Cl3FO2/c1-2-21-13-7-10(16)9(6-11(13)17)15(20)8-4-3-5-12(19)14(8)18/h3-7H,2H2,1H3. The lowest BCUT2D eigenvalue weighted by molar-refractivity contribution is 0.103. The molecule has 6 heteroatoms. The van der Waals surface area contributed by atoms with Gasteiger partial charge in [-0.15, -0.1) is 0 Å². The Balaban J connectivity index is 2.49. The molecule has 0 atom stereocenters. The van der Waals surface area contributed by atoms with Gasteiger partial charge in [0.25, 0.3) is 0 Å². The lowest BCUT2D eigenvalue weighted by atomic mass is 10.0. The molecule has 0 spiro atoms. The average Bonchev–Trinajstić information content (AvgIpc) is 2.45. The van der Waals surface area contributed by atoms with E-state index in [-0.39, 0.29) is 26.2 Å². The smallest absolute Gasteiger partial charge is 0.196 e. The van der Waals surface area contributed by atoms with Gasteiger partial charge in [0.15, 0.2) is 5.78 Å². The summed E-state index contributed by atoms with van der Waals surface area (Å²) in [5.41, 5.74) is 0.163. The molecular weight excluding hydrogens is 338 g/mol. The molecule has 0 radical (unpaired) electrons. The van der Waals surface area contributed by atoms with Gasteiger partial charge in [0.05, 0.1) is 21.7 Å². The van der Waals surface area contributed by atoms with Gasteiger partial charge in [-0.1, -0.05) is 40.9 Å². The fraction of sp³-hybridized carbons (Fsp3) is 0.133. The summed E-state index contributed by atoms with van der Waals surface area (Å²) in [5, 5.41) is 0.161. The van der Waals surface area contributed by atoms with Crippen molar-refractivity contribution >= 4 is 40.6 Å².